The van der Waals surface area contributed by atoms with Crippen molar-refractivity contribution < 1.29 is 13.2 Å². The maximum atomic E-state index is 12.5. The molecule has 0 saturated carbocycles. The molecule has 1 nitrogen and oxygen atoms in total. The lowest BCUT2D eigenvalue weighted by atomic mass is 10.00. The second-order valence-electron chi connectivity index (χ2n) is 4.74. The molecule has 0 unspecified atom stereocenters. The van der Waals surface area contributed by atoms with Crippen molar-refractivity contribution in [2.75, 3.05) is 5.88 Å². The highest BCUT2D eigenvalue weighted by atomic mass is 35.5. The molecule has 0 saturated heterocycles. The number of hydrogen-bond acceptors (Lipinski definition) is 1. The van der Waals surface area contributed by atoms with E-state index in [1.54, 1.807) is 0 Å². The number of halogens is 4. The van der Waals surface area contributed by atoms with Crippen molar-refractivity contribution in [1.82, 2.24) is 0 Å². The molecule has 108 valence electrons. The summed E-state index contributed by atoms with van der Waals surface area (Å²) >= 11 is 5.86. The summed E-state index contributed by atoms with van der Waals surface area (Å²) in [6.45, 7) is 2.08. The highest BCUT2D eigenvalue weighted by Crippen LogP contribution is 2.31. The van der Waals surface area contributed by atoms with E-state index in [1.165, 1.54) is 17.7 Å². The summed E-state index contributed by atoms with van der Waals surface area (Å²) in [5, 5.41) is 0. The van der Waals surface area contributed by atoms with Crippen molar-refractivity contribution in [2.45, 2.75) is 32.4 Å². The average molecular weight is 302 g/mol. The zero-order valence-corrected chi connectivity index (χ0v) is 11.9. The minimum Gasteiger partial charge on any atom is -0.256 e. The number of benzene rings is 1. The van der Waals surface area contributed by atoms with E-state index in [0.717, 1.165) is 41.9 Å². The molecule has 0 N–H and O–H groups in total. The van der Waals surface area contributed by atoms with Crippen LogP contribution in [0.2, 0.25) is 0 Å². The Morgan fingerprint density at radius 1 is 1.20 bits per heavy atom. The number of hydrogen-bond donors (Lipinski definition) is 0. The lowest BCUT2D eigenvalue weighted by molar-refractivity contribution is -0.137. The molecule has 1 aliphatic heterocycles. The van der Waals surface area contributed by atoms with Crippen LogP contribution in [0.3, 0.4) is 0 Å². The fourth-order valence-electron chi connectivity index (χ4n) is 2.26. The maximum absolute atomic E-state index is 12.5. The number of allylic oxidation sites excluding steroid dienone is 2. The molecule has 0 atom stereocenters. The van der Waals surface area contributed by atoms with Crippen molar-refractivity contribution in [3.05, 3.63) is 46.7 Å². The lowest BCUT2D eigenvalue weighted by Gasteiger charge is -2.08. The topological polar surface area (TPSA) is 12.4 Å². The summed E-state index contributed by atoms with van der Waals surface area (Å²) in [7, 11) is 0. The van der Waals surface area contributed by atoms with E-state index >= 15 is 0 Å². The third-order valence-corrected chi connectivity index (χ3v) is 3.54. The van der Waals surface area contributed by atoms with E-state index in [9.17, 15) is 13.2 Å². The number of nitrogens with zero attached hydrogens (tertiary/aromatic N) is 1. The first kappa shape index (κ1) is 15.1. The van der Waals surface area contributed by atoms with Gasteiger partial charge in [-0.2, -0.15) is 13.2 Å². The Morgan fingerprint density at radius 3 is 2.35 bits per heavy atom. The summed E-state index contributed by atoms with van der Waals surface area (Å²) < 4.78 is 37.6. The van der Waals surface area contributed by atoms with Gasteiger partial charge in [0.15, 0.2) is 0 Å². The molecular formula is C15H15ClF3N. The first-order valence-corrected chi connectivity index (χ1v) is 7.01. The molecule has 0 amide bonds. The van der Waals surface area contributed by atoms with Gasteiger partial charge < -0.3 is 0 Å². The molecule has 1 aromatic rings. The third-order valence-electron chi connectivity index (χ3n) is 3.28. The van der Waals surface area contributed by atoms with Crippen LogP contribution in [-0.2, 0) is 6.18 Å². The number of alkyl halides is 4. The first-order valence-electron chi connectivity index (χ1n) is 6.47. The maximum Gasteiger partial charge on any atom is 0.416 e. The largest absolute Gasteiger partial charge is 0.416 e. The molecule has 0 aliphatic carbocycles. The van der Waals surface area contributed by atoms with Crippen molar-refractivity contribution in [1.29, 1.82) is 0 Å². The highest BCUT2D eigenvalue weighted by Gasteiger charge is 2.30. The molecular weight excluding hydrogens is 287 g/mol. The fraction of sp³-hybridized carbons (Fsp3) is 0.400. The van der Waals surface area contributed by atoms with E-state index in [-0.39, 0.29) is 0 Å². The van der Waals surface area contributed by atoms with Crippen molar-refractivity contribution >= 4 is 17.3 Å². The molecule has 1 aromatic carbocycles. The summed E-state index contributed by atoms with van der Waals surface area (Å²) in [5.74, 6) is 0.347. The SMILES string of the molecule is CCCC1=C(CCl)N=C(c2ccc(C(F)(F)F)cc2)C1. The van der Waals surface area contributed by atoms with E-state index in [2.05, 4.69) is 11.9 Å². The Morgan fingerprint density at radius 2 is 1.85 bits per heavy atom. The van der Waals surface area contributed by atoms with E-state index in [4.69, 9.17) is 11.6 Å². The summed E-state index contributed by atoms with van der Waals surface area (Å²) in [6, 6.07) is 5.14. The smallest absolute Gasteiger partial charge is 0.256 e. The van der Waals surface area contributed by atoms with Crippen LogP contribution in [0.5, 0.6) is 0 Å². The number of rotatable bonds is 4. The van der Waals surface area contributed by atoms with Crippen molar-refractivity contribution in [3.63, 3.8) is 0 Å². The Balaban J connectivity index is 2.19. The summed E-state index contributed by atoms with van der Waals surface area (Å²) in [4.78, 5) is 4.45. The lowest BCUT2D eigenvalue weighted by Crippen LogP contribution is -2.06. The van der Waals surface area contributed by atoms with Gasteiger partial charge in [0.2, 0.25) is 0 Å². The van der Waals surface area contributed by atoms with E-state index in [0.29, 0.717) is 12.3 Å². The Hall–Kier alpha value is -1.29. The molecule has 0 fully saturated rings. The first-order chi connectivity index (χ1) is 9.45. The van der Waals surface area contributed by atoms with Gasteiger partial charge in [-0.1, -0.05) is 25.5 Å². The van der Waals surface area contributed by atoms with Crippen molar-refractivity contribution in [3.8, 4) is 0 Å². The molecule has 0 aromatic heterocycles. The van der Waals surface area contributed by atoms with Gasteiger partial charge in [0.1, 0.15) is 0 Å². The van der Waals surface area contributed by atoms with Gasteiger partial charge in [-0.25, -0.2) is 0 Å². The molecule has 0 radical (unpaired) electrons. The van der Waals surface area contributed by atoms with E-state index < -0.39 is 11.7 Å². The van der Waals surface area contributed by atoms with E-state index in [1.807, 2.05) is 0 Å². The van der Waals surface area contributed by atoms with Gasteiger partial charge in [0.25, 0.3) is 0 Å². The van der Waals surface area contributed by atoms with Crippen LogP contribution in [0.4, 0.5) is 13.2 Å². The fourth-order valence-corrected chi connectivity index (χ4v) is 2.51. The summed E-state index contributed by atoms with van der Waals surface area (Å²) in [6.07, 6.45) is -1.69. The van der Waals surface area contributed by atoms with Crippen LogP contribution in [0.15, 0.2) is 40.5 Å². The monoisotopic (exact) mass is 301 g/mol. The molecule has 5 heteroatoms. The molecule has 1 aliphatic rings. The van der Waals surface area contributed by atoms with Gasteiger partial charge in [-0.05, 0) is 29.7 Å². The normalized spacial score (nSPS) is 15.8. The van der Waals surface area contributed by atoms with Crippen LogP contribution in [0.25, 0.3) is 0 Å². The predicted octanol–water partition coefficient (Wildman–Crippen LogP) is 5.19. The minimum atomic E-state index is -4.30. The zero-order valence-electron chi connectivity index (χ0n) is 11.1. The molecule has 0 bridgehead atoms. The predicted molar refractivity (Wildman–Crippen MR) is 75.3 cm³/mol. The average Bonchev–Trinajstić information content (AvgIpc) is 2.81. The quantitative estimate of drug-likeness (QED) is 0.679. The molecule has 20 heavy (non-hydrogen) atoms. The minimum absolute atomic E-state index is 0.347. The molecule has 2 rings (SSSR count). The van der Waals surface area contributed by atoms with Gasteiger partial charge in [0.05, 0.1) is 22.9 Å². The van der Waals surface area contributed by atoms with Crippen molar-refractivity contribution in [2.24, 2.45) is 4.99 Å². The van der Waals surface area contributed by atoms with Gasteiger partial charge in [-0.3, -0.25) is 4.99 Å². The van der Waals surface area contributed by atoms with Crippen LogP contribution < -0.4 is 0 Å². The highest BCUT2D eigenvalue weighted by molar-refractivity contribution is 6.20. The number of aliphatic imine (C=N–C) groups is 1. The second kappa shape index (κ2) is 6.00. The Bertz CT molecular complexity index is 541. The van der Waals surface area contributed by atoms with Crippen LogP contribution >= 0.6 is 11.6 Å². The second-order valence-corrected chi connectivity index (χ2v) is 5.01. The van der Waals surface area contributed by atoms with Crippen LogP contribution in [0.1, 0.15) is 37.3 Å². The van der Waals surface area contributed by atoms with Crippen LogP contribution in [0, 0.1) is 0 Å². The molecule has 1 heterocycles. The summed E-state index contributed by atoms with van der Waals surface area (Å²) in [5.41, 5.74) is 2.95. The Kier molecular flexibility index (Phi) is 4.53. The van der Waals surface area contributed by atoms with Gasteiger partial charge in [-0.15, -0.1) is 11.6 Å². The third kappa shape index (κ3) is 3.23. The Labute approximate surface area is 121 Å². The van der Waals surface area contributed by atoms with Gasteiger partial charge >= 0.3 is 6.18 Å². The molecule has 0 spiro atoms. The standard InChI is InChI=1S/C15H15ClF3N/c1-2-3-11-8-13(20-14(11)9-16)10-4-6-12(7-5-10)15(17,18)19/h4-7H,2-3,8-9H2,1H3. The van der Waals surface area contributed by atoms with Gasteiger partial charge in [0, 0.05) is 6.42 Å². The zero-order chi connectivity index (χ0) is 14.8. The van der Waals surface area contributed by atoms with Crippen LogP contribution in [-0.4, -0.2) is 11.6 Å².